The number of hydrogen-bond acceptors (Lipinski definition) is 4. The Kier molecular flexibility index (Phi) is 9.16. The van der Waals surface area contributed by atoms with E-state index in [0.29, 0.717) is 30.0 Å². The maximum absolute atomic E-state index is 13.1. The Morgan fingerprint density at radius 1 is 1.03 bits per heavy atom. The summed E-state index contributed by atoms with van der Waals surface area (Å²) in [4.78, 5) is 40.1. The van der Waals surface area contributed by atoms with Gasteiger partial charge in [0.15, 0.2) is 0 Å². The van der Waals surface area contributed by atoms with Crippen LogP contribution < -0.4 is 16.0 Å². The highest BCUT2D eigenvalue weighted by molar-refractivity contribution is 6.10. The smallest absolute Gasteiger partial charge is 0.257 e. The van der Waals surface area contributed by atoms with Crippen LogP contribution in [0.3, 0.4) is 0 Å². The van der Waals surface area contributed by atoms with Crippen LogP contribution in [0.25, 0.3) is 0 Å². The Labute approximate surface area is 200 Å². The van der Waals surface area contributed by atoms with Crippen molar-refractivity contribution in [1.29, 1.82) is 0 Å². The van der Waals surface area contributed by atoms with Gasteiger partial charge in [0, 0.05) is 24.8 Å². The van der Waals surface area contributed by atoms with Crippen molar-refractivity contribution in [2.45, 2.75) is 45.6 Å². The van der Waals surface area contributed by atoms with Crippen molar-refractivity contribution in [3.63, 3.8) is 0 Å². The van der Waals surface area contributed by atoms with E-state index in [0.717, 1.165) is 25.7 Å². The van der Waals surface area contributed by atoms with E-state index in [9.17, 15) is 18.8 Å². The molecular weight excluding hydrogens is 435 g/mol. The SMILES string of the molecule is CCCCNC(=O)C1CCC(C)N(CC(=O)Nc2ccccc2C(=O)Nc2ccc(F)cc2)C1. The van der Waals surface area contributed by atoms with E-state index >= 15 is 0 Å². The minimum absolute atomic E-state index is 0.0496. The molecule has 0 saturated carbocycles. The molecule has 2 atom stereocenters. The van der Waals surface area contributed by atoms with Gasteiger partial charge in [-0.1, -0.05) is 25.5 Å². The number of hydrogen-bond donors (Lipinski definition) is 3. The Hall–Kier alpha value is -3.26. The molecule has 3 rings (SSSR count). The maximum atomic E-state index is 13.1. The zero-order chi connectivity index (χ0) is 24.5. The lowest BCUT2D eigenvalue weighted by Crippen LogP contribution is -2.49. The normalized spacial score (nSPS) is 18.2. The van der Waals surface area contributed by atoms with Gasteiger partial charge in [0.1, 0.15) is 5.82 Å². The van der Waals surface area contributed by atoms with Gasteiger partial charge in [-0.15, -0.1) is 0 Å². The van der Waals surface area contributed by atoms with Gasteiger partial charge in [0.2, 0.25) is 11.8 Å². The Bertz CT molecular complexity index is 996. The van der Waals surface area contributed by atoms with E-state index in [-0.39, 0.29) is 30.3 Å². The zero-order valence-corrected chi connectivity index (χ0v) is 19.8. The second kappa shape index (κ2) is 12.3. The summed E-state index contributed by atoms with van der Waals surface area (Å²) in [6.07, 6.45) is 3.63. The highest BCUT2D eigenvalue weighted by Gasteiger charge is 2.31. The summed E-state index contributed by atoms with van der Waals surface area (Å²) in [5.41, 5.74) is 1.16. The number of unbranched alkanes of at least 4 members (excludes halogenated alkanes) is 1. The first-order chi connectivity index (χ1) is 16.4. The lowest BCUT2D eigenvalue weighted by Gasteiger charge is -2.36. The van der Waals surface area contributed by atoms with E-state index in [1.807, 2.05) is 4.90 Å². The number of piperidine rings is 1. The number of nitrogens with zero attached hydrogens (tertiary/aromatic N) is 1. The summed E-state index contributed by atoms with van der Waals surface area (Å²) in [6.45, 7) is 5.48. The molecule has 1 fully saturated rings. The summed E-state index contributed by atoms with van der Waals surface area (Å²) < 4.78 is 13.1. The van der Waals surface area contributed by atoms with E-state index < -0.39 is 11.7 Å². The standard InChI is InChI=1S/C26H33FN4O3/c1-3-4-15-28-25(33)19-10-9-18(2)31(16-19)17-24(32)30-23-8-6-5-7-22(23)26(34)29-21-13-11-20(27)12-14-21/h5-8,11-14,18-19H,3-4,9-10,15-17H2,1-2H3,(H,28,33)(H,29,34)(H,30,32). The summed E-state index contributed by atoms with van der Waals surface area (Å²) >= 11 is 0. The number of benzene rings is 2. The van der Waals surface area contributed by atoms with Crippen LogP contribution in [0, 0.1) is 11.7 Å². The first kappa shape index (κ1) is 25.4. The number of carbonyl (C=O) groups excluding carboxylic acids is 3. The molecule has 2 aromatic carbocycles. The number of carbonyl (C=O) groups is 3. The predicted molar refractivity (Wildman–Crippen MR) is 131 cm³/mol. The molecule has 2 unspecified atom stereocenters. The van der Waals surface area contributed by atoms with Crippen LogP contribution in [-0.4, -0.2) is 48.3 Å². The van der Waals surface area contributed by atoms with Gasteiger partial charge >= 0.3 is 0 Å². The molecule has 2 aromatic rings. The van der Waals surface area contributed by atoms with Gasteiger partial charge in [-0.3, -0.25) is 19.3 Å². The third-order valence-corrected chi connectivity index (χ3v) is 6.11. The summed E-state index contributed by atoms with van der Waals surface area (Å²) in [5.74, 6) is -1.12. The topological polar surface area (TPSA) is 90.5 Å². The van der Waals surface area contributed by atoms with Crippen LogP contribution in [-0.2, 0) is 9.59 Å². The minimum Gasteiger partial charge on any atom is -0.356 e. The van der Waals surface area contributed by atoms with Gasteiger partial charge in [-0.05, 0) is 62.6 Å². The zero-order valence-electron chi connectivity index (χ0n) is 19.8. The molecule has 1 saturated heterocycles. The third kappa shape index (κ3) is 7.12. The molecule has 34 heavy (non-hydrogen) atoms. The number of nitrogens with one attached hydrogen (secondary N) is 3. The second-order valence-corrected chi connectivity index (χ2v) is 8.75. The molecule has 0 spiro atoms. The van der Waals surface area contributed by atoms with Crippen LogP contribution >= 0.6 is 0 Å². The lowest BCUT2D eigenvalue weighted by molar-refractivity contribution is -0.128. The van der Waals surface area contributed by atoms with E-state index in [4.69, 9.17) is 0 Å². The highest BCUT2D eigenvalue weighted by atomic mass is 19.1. The van der Waals surface area contributed by atoms with Crippen molar-refractivity contribution >= 4 is 29.1 Å². The van der Waals surface area contributed by atoms with E-state index in [1.165, 1.54) is 24.3 Å². The molecule has 1 heterocycles. The fourth-order valence-electron chi connectivity index (χ4n) is 4.04. The Morgan fingerprint density at radius 3 is 2.50 bits per heavy atom. The van der Waals surface area contributed by atoms with E-state index in [1.54, 1.807) is 24.3 Å². The average Bonchev–Trinajstić information content (AvgIpc) is 2.82. The first-order valence-corrected chi connectivity index (χ1v) is 11.8. The number of rotatable bonds is 9. The van der Waals surface area contributed by atoms with Crippen molar-refractivity contribution < 1.29 is 18.8 Å². The number of halogens is 1. The molecule has 0 aliphatic carbocycles. The quantitative estimate of drug-likeness (QED) is 0.485. The summed E-state index contributed by atoms with van der Waals surface area (Å²) in [6, 6.07) is 12.4. The molecule has 0 bridgehead atoms. The van der Waals surface area contributed by atoms with Gasteiger partial charge in [0.25, 0.3) is 5.91 Å². The van der Waals surface area contributed by atoms with Gasteiger partial charge in [-0.25, -0.2) is 4.39 Å². The molecule has 1 aliphatic rings. The van der Waals surface area contributed by atoms with Gasteiger partial charge < -0.3 is 16.0 Å². The number of amides is 3. The first-order valence-electron chi connectivity index (χ1n) is 11.8. The van der Waals surface area contributed by atoms with Crippen LogP contribution in [0.2, 0.25) is 0 Å². The monoisotopic (exact) mass is 468 g/mol. The molecule has 0 radical (unpaired) electrons. The molecule has 1 aliphatic heterocycles. The number of anilines is 2. The van der Waals surface area contributed by atoms with E-state index in [2.05, 4.69) is 29.8 Å². The molecule has 8 heteroatoms. The Morgan fingerprint density at radius 2 is 1.76 bits per heavy atom. The molecule has 3 N–H and O–H groups in total. The highest BCUT2D eigenvalue weighted by Crippen LogP contribution is 2.23. The average molecular weight is 469 g/mol. The van der Waals surface area contributed by atoms with Gasteiger partial charge in [0.05, 0.1) is 23.7 Å². The van der Waals surface area contributed by atoms with Crippen LogP contribution in [0.4, 0.5) is 15.8 Å². The van der Waals surface area contributed by atoms with Gasteiger partial charge in [-0.2, -0.15) is 0 Å². The molecule has 3 amide bonds. The van der Waals surface area contributed by atoms with Crippen molar-refractivity contribution in [1.82, 2.24) is 10.2 Å². The van der Waals surface area contributed by atoms with Crippen molar-refractivity contribution in [3.8, 4) is 0 Å². The van der Waals surface area contributed by atoms with Crippen LogP contribution in [0.1, 0.15) is 49.9 Å². The maximum Gasteiger partial charge on any atom is 0.257 e. The number of likely N-dealkylation sites (tertiary alicyclic amines) is 1. The minimum atomic E-state index is -0.405. The Balaban J connectivity index is 1.60. The van der Waals surface area contributed by atoms with Crippen LogP contribution in [0.15, 0.2) is 48.5 Å². The summed E-state index contributed by atoms with van der Waals surface area (Å²) in [5, 5.41) is 8.55. The van der Waals surface area contributed by atoms with Crippen LogP contribution in [0.5, 0.6) is 0 Å². The van der Waals surface area contributed by atoms with Crippen molar-refractivity contribution in [2.24, 2.45) is 5.92 Å². The predicted octanol–water partition coefficient (Wildman–Crippen LogP) is 4.03. The molecule has 0 aromatic heterocycles. The van der Waals surface area contributed by atoms with Crippen molar-refractivity contribution in [2.75, 3.05) is 30.3 Å². The molecular formula is C26H33FN4O3. The molecule has 7 nitrogen and oxygen atoms in total. The summed E-state index contributed by atoms with van der Waals surface area (Å²) in [7, 11) is 0. The second-order valence-electron chi connectivity index (χ2n) is 8.75. The fraction of sp³-hybridized carbons (Fsp3) is 0.423. The lowest BCUT2D eigenvalue weighted by atomic mass is 9.92. The third-order valence-electron chi connectivity index (χ3n) is 6.11. The molecule has 182 valence electrons. The largest absolute Gasteiger partial charge is 0.356 e. The fourth-order valence-corrected chi connectivity index (χ4v) is 4.04. The van der Waals surface area contributed by atoms with Crippen molar-refractivity contribution in [3.05, 3.63) is 59.9 Å². The number of para-hydroxylation sites is 1.